The first-order valence-electron chi connectivity index (χ1n) is 5.72. The van der Waals surface area contributed by atoms with E-state index in [0.29, 0.717) is 5.56 Å². The van der Waals surface area contributed by atoms with Crippen molar-refractivity contribution in [1.82, 2.24) is 4.90 Å². The molecule has 0 radical (unpaired) electrons. The first kappa shape index (κ1) is 16.1. The van der Waals surface area contributed by atoms with Crippen molar-refractivity contribution in [2.75, 3.05) is 12.3 Å². The van der Waals surface area contributed by atoms with Gasteiger partial charge in [0.15, 0.2) is 0 Å². The average Bonchev–Trinajstić information content (AvgIpc) is 2.61. The largest absolute Gasteiger partial charge is 0.292 e. The first-order chi connectivity index (χ1) is 9.76. The van der Waals surface area contributed by atoms with Crippen molar-refractivity contribution in [1.29, 1.82) is 0 Å². The molecule has 1 aliphatic rings. The monoisotopic (exact) mass is 347 g/mol. The Morgan fingerprint density at radius 3 is 2.76 bits per heavy atom. The summed E-state index contributed by atoms with van der Waals surface area (Å²) in [4.78, 5) is 13.5. The minimum atomic E-state index is -4.17. The normalized spacial score (nSPS) is 17.8. The molecule has 0 saturated carbocycles. The van der Waals surface area contributed by atoms with Crippen molar-refractivity contribution in [2.24, 2.45) is 0 Å². The highest BCUT2D eigenvalue weighted by Crippen LogP contribution is 2.32. The summed E-state index contributed by atoms with van der Waals surface area (Å²) in [6.07, 6.45) is 1.48. The average molecular weight is 347 g/mol. The zero-order valence-corrected chi connectivity index (χ0v) is 13.0. The lowest BCUT2D eigenvalue weighted by molar-refractivity contribution is -0.121. The summed E-state index contributed by atoms with van der Waals surface area (Å²) >= 11 is 6.00. The third kappa shape index (κ3) is 4.34. The van der Waals surface area contributed by atoms with Gasteiger partial charge in [0.25, 0.3) is 16.0 Å². The van der Waals surface area contributed by atoms with Crippen LogP contribution in [0.5, 0.6) is 0 Å². The van der Waals surface area contributed by atoms with Gasteiger partial charge in [-0.05, 0) is 23.8 Å². The van der Waals surface area contributed by atoms with Crippen LogP contribution in [0.3, 0.4) is 0 Å². The van der Waals surface area contributed by atoms with Gasteiger partial charge in [0, 0.05) is 6.54 Å². The lowest BCUT2D eigenvalue weighted by Gasteiger charge is -2.12. The Hall–Kier alpha value is -1.29. The zero-order valence-electron chi connectivity index (χ0n) is 10.5. The molecule has 5 nitrogen and oxygen atoms in total. The molecule has 0 bridgehead atoms. The molecule has 1 saturated heterocycles. The molecule has 1 aliphatic heterocycles. The second-order valence-corrected chi connectivity index (χ2v) is 7.42. The van der Waals surface area contributed by atoms with Crippen molar-refractivity contribution in [3.63, 3.8) is 0 Å². The van der Waals surface area contributed by atoms with Crippen LogP contribution in [-0.2, 0) is 14.9 Å². The smallest absolute Gasteiger partial charge is 0.266 e. The molecular formula is C12H10FNO4S3. The number of nitrogens with zero attached hydrogens (tertiary/aromatic N) is 1. The quantitative estimate of drug-likeness (QED) is 0.509. The molecule has 0 unspecified atom stereocenters. The summed E-state index contributed by atoms with van der Waals surface area (Å²) in [6.45, 7) is -0.218. The van der Waals surface area contributed by atoms with Crippen LogP contribution in [0.2, 0.25) is 0 Å². The van der Waals surface area contributed by atoms with Gasteiger partial charge in [0.05, 0.1) is 10.7 Å². The third-order valence-electron chi connectivity index (χ3n) is 2.59. The van der Waals surface area contributed by atoms with Gasteiger partial charge in [-0.3, -0.25) is 14.2 Å². The molecule has 1 amide bonds. The molecule has 2 rings (SSSR count). The second-order valence-electron chi connectivity index (χ2n) is 4.17. The van der Waals surface area contributed by atoms with Crippen LogP contribution in [0.25, 0.3) is 6.08 Å². The van der Waals surface area contributed by atoms with Crippen molar-refractivity contribution in [2.45, 2.75) is 0 Å². The Labute approximate surface area is 130 Å². The highest BCUT2D eigenvalue weighted by atomic mass is 32.2. The van der Waals surface area contributed by atoms with Crippen LogP contribution in [0.15, 0.2) is 29.2 Å². The van der Waals surface area contributed by atoms with Gasteiger partial charge >= 0.3 is 0 Å². The predicted molar refractivity (Wildman–Crippen MR) is 82.7 cm³/mol. The summed E-state index contributed by atoms with van der Waals surface area (Å²) in [5, 5.41) is 0. The summed E-state index contributed by atoms with van der Waals surface area (Å²) in [6, 6.07) is 5.70. The number of carbonyl (C=O) groups is 1. The molecule has 1 fully saturated rings. The Morgan fingerprint density at radius 1 is 1.43 bits per heavy atom. The van der Waals surface area contributed by atoms with Gasteiger partial charge in [0.2, 0.25) is 0 Å². The Balaban J connectivity index is 2.18. The number of thiocarbonyl (C=S) groups is 1. The molecule has 1 N–H and O–H groups in total. The van der Waals surface area contributed by atoms with E-state index >= 15 is 0 Å². The number of amides is 1. The van der Waals surface area contributed by atoms with E-state index in [9.17, 15) is 17.6 Å². The topological polar surface area (TPSA) is 74.7 Å². The van der Waals surface area contributed by atoms with Crippen LogP contribution in [0.1, 0.15) is 5.56 Å². The van der Waals surface area contributed by atoms with E-state index in [1.54, 1.807) is 6.07 Å². The molecular weight excluding hydrogens is 337 g/mol. The van der Waals surface area contributed by atoms with Crippen molar-refractivity contribution in [3.8, 4) is 0 Å². The fourth-order valence-electron chi connectivity index (χ4n) is 1.65. The molecule has 0 atom stereocenters. The third-order valence-corrected chi connectivity index (χ3v) is 4.67. The van der Waals surface area contributed by atoms with Crippen LogP contribution in [0.4, 0.5) is 4.39 Å². The van der Waals surface area contributed by atoms with Gasteiger partial charge in [-0.15, -0.1) is 0 Å². The summed E-state index contributed by atoms with van der Waals surface area (Å²) in [5.74, 6) is -1.48. The number of hydrogen-bond acceptors (Lipinski definition) is 5. The van der Waals surface area contributed by atoms with Crippen molar-refractivity contribution < 1.29 is 22.2 Å². The number of benzene rings is 1. The molecule has 1 aromatic carbocycles. The van der Waals surface area contributed by atoms with Crippen LogP contribution >= 0.6 is 24.0 Å². The standard InChI is InChI=1S/C12H10FNO4S3/c13-9-3-1-2-8(6-9)7-10-11(15)14(12(19)20-10)4-5-21(16,17)18/h1-3,6-7H,4-5H2,(H,16,17,18)/b10-7-. The maximum atomic E-state index is 13.1. The molecule has 0 spiro atoms. The van der Waals surface area contributed by atoms with Crippen molar-refractivity contribution in [3.05, 3.63) is 40.6 Å². The van der Waals surface area contributed by atoms with E-state index in [4.69, 9.17) is 16.8 Å². The van der Waals surface area contributed by atoms with Crippen LogP contribution < -0.4 is 0 Å². The first-order valence-corrected chi connectivity index (χ1v) is 8.56. The highest BCUT2D eigenvalue weighted by Gasteiger charge is 2.32. The number of carbonyl (C=O) groups excluding carboxylic acids is 1. The lowest BCUT2D eigenvalue weighted by atomic mass is 10.2. The Bertz CT molecular complexity index is 730. The van der Waals surface area contributed by atoms with Crippen LogP contribution in [-0.4, -0.2) is 40.4 Å². The molecule has 1 heterocycles. The molecule has 112 valence electrons. The number of hydrogen-bond donors (Lipinski definition) is 1. The summed E-state index contributed by atoms with van der Waals surface area (Å²) in [7, 11) is -4.17. The van der Waals surface area contributed by atoms with Gasteiger partial charge in [-0.25, -0.2) is 4.39 Å². The maximum Gasteiger partial charge on any atom is 0.266 e. The SMILES string of the molecule is O=C1/C(=C/c2cccc(F)c2)SC(=S)N1CCS(=O)(=O)O. The van der Waals surface area contributed by atoms with Crippen LogP contribution in [0, 0.1) is 5.82 Å². The van der Waals surface area contributed by atoms with Gasteiger partial charge in [0.1, 0.15) is 10.1 Å². The number of rotatable bonds is 4. The second kappa shape index (κ2) is 6.22. The van der Waals surface area contributed by atoms with Gasteiger partial charge in [-0.1, -0.05) is 36.1 Å². The van der Waals surface area contributed by atoms with E-state index in [1.165, 1.54) is 24.3 Å². The maximum absolute atomic E-state index is 13.1. The predicted octanol–water partition coefficient (Wildman–Crippen LogP) is 1.91. The Kier molecular flexibility index (Phi) is 4.77. The minimum Gasteiger partial charge on any atom is -0.292 e. The highest BCUT2D eigenvalue weighted by molar-refractivity contribution is 8.26. The molecule has 21 heavy (non-hydrogen) atoms. The number of halogens is 1. The van der Waals surface area contributed by atoms with E-state index in [0.717, 1.165) is 16.7 Å². The van der Waals surface area contributed by atoms with E-state index in [2.05, 4.69) is 0 Å². The molecule has 1 aromatic rings. The fraction of sp³-hybridized carbons (Fsp3) is 0.167. The van der Waals surface area contributed by atoms with E-state index < -0.39 is 27.6 Å². The number of thioether (sulfide) groups is 1. The van der Waals surface area contributed by atoms with Gasteiger partial charge in [-0.2, -0.15) is 8.42 Å². The van der Waals surface area contributed by atoms with E-state index in [1.807, 2.05) is 0 Å². The van der Waals surface area contributed by atoms with Gasteiger partial charge < -0.3 is 0 Å². The summed E-state index contributed by atoms with van der Waals surface area (Å²) in [5.41, 5.74) is 0.505. The van der Waals surface area contributed by atoms with Crippen molar-refractivity contribution >= 4 is 50.4 Å². The molecule has 0 aromatic heterocycles. The lowest BCUT2D eigenvalue weighted by Crippen LogP contribution is -2.32. The molecule has 0 aliphatic carbocycles. The molecule has 9 heteroatoms. The zero-order chi connectivity index (χ0) is 15.6. The van der Waals surface area contributed by atoms with E-state index in [-0.39, 0.29) is 15.8 Å². The Morgan fingerprint density at radius 2 is 2.14 bits per heavy atom. The fourth-order valence-corrected chi connectivity index (χ4v) is 3.37. The summed E-state index contributed by atoms with van der Waals surface area (Å²) < 4.78 is 43.4. The minimum absolute atomic E-state index is 0.200.